The molecule has 1 atom stereocenters. The standard InChI is InChI=1S/C24H28F3N5O3/c25-24(26,27)17-4-1-3-16(13-17)22(34)28-14-21(33)32-12-8-19(15-32)30-18-6-9-23(35,10-7-18)20-5-2-11-29-31-20/h1-5,11,13,18-19,30,35H,6-10,12,14-15H2,(H,28,34). The smallest absolute Gasteiger partial charge is 0.383 e. The highest BCUT2D eigenvalue weighted by atomic mass is 19.4. The second kappa shape index (κ2) is 10.3. The molecule has 1 aliphatic heterocycles. The van der Waals surface area contributed by atoms with Crippen LogP contribution in [0.2, 0.25) is 0 Å². The number of likely N-dealkylation sites (tertiary alicyclic amines) is 1. The number of amides is 2. The Morgan fingerprint density at radius 3 is 2.57 bits per heavy atom. The predicted octanol–water partition coefficient (Wildman–Crippen LogP) is 2.25. The molecule has 0 bridgehead atoms. The van der Waals surface area contributed by atoms with E-state index in [-0.39, 0.29) is 30.1 Å². The third-order valence-electron chi connectivity index (χ3n) is 6.73. The van der Waals surface area contributed by atoms with E-state index in [0.717, 1.165) is 37.5 Å². The molecule has 11 heteroatoms. The summed E-state index contributed by atoms with van der Waals surface area (Å²) in [6.07, 6.45) is 0.467. The Labute approximate surface area is 200 Å². The van der Waals surface area contributed by atoms with Gasteiger partial charge in [-0.2, -0.15) is 23.4 Å². The Bertz CT molecular complexity index is 1040. The van der Waals surface area contributed by atoms with Crippen molar-refractivity contribution >= 4 is 11.8 Å². The lowest BCUT2D eigenvalue weighted by Gasteiger charge is -2.36. The number of carbonyl (C=O) groups is 2. The quantitative estimate of drug-likeness (QED) is 0.572. The van der Waals surface area contributed by atoms with Crippen LogP contribution >= 0.6 is 0 Å². The SMILES string of the molecule is O=C(NCC(=O)N1CCC(NC2CCC(O)(c3cccnn3)CC2)C1)c1cccc(C(F)(F)F)c1. The van der Waals surface area contributed by atoms with E-state index >= 15 is 0 Å². The summed E-state index contributed by atoms with van der Waals surface area (Å²) in [7, 11) is 0. The van der Waals surface area contributed by atoms with Crippen LogP contribution in [0.1, 0.15) is 53.7 Å². The van der Waals surface area contributed by atoms with Gasteiger partial charge in [0.1, 0.15) is 5.60 Å². The van der Waals surface area contributed by atoms with E-state index in [4.69, 9.17) is 0 Å². The molecular weight excluding hydrogens is 463 g/mol. The molecule has 2 aromatic rings. The minimum atomic E-state index is -4.55. The average molecular weight is 492 g/mol. The van der Waals surface area contributed by atoms with Gasteiger partial charge in [0.2, 0.25) is 5.91 Å². The van der Waals surface area contributed by atoms with Crippen LogP contribution < -0.4 is 10.6 Å². The number of halogens is 3. The number of alkyl halides is 3. The zero-order valence-corrected chi connectivity index (χ0v) is 19.1. The predicted molar refractivity (Wildman–Crippen MR) is 120 cm³/mol. The maximum atomic E-state index is 12.9. The second-order valence-electron chi connectivity index (χ2n) is 9.17. The van der Waals surface area contributed by atoms with Crippen molar-refractivity contribution in [2.24, 2.45) is 0 Å². The molecule has 4 rings (SSSR count). The molecule has 1 unspecified atom stereocenters. The maximum Gasteiger partial charge on any atom is 0.416 e. The Morgan fingerprint density at radius 2 is 1.89 bits per heavy atom. The lowest BCUT2D eigenvalue weighted by atomic mass is 9.80. The number of hydrogen-bond donors (Lipinski definition) is 3. The third-order valence-corrected chi connectivity index (χ3v) is 6.73. The molecule has 0 radical (unpaired) electrons. The van der Waals surface area contributed by atoms with Gasteiger partial charge in [-0.25, -0.2) is 0 Å². The van der Waals surface area contributed by atoms with Crippen molar-refractivity contribution in [3.63, 3.8) is 0 Å². The number of benzene rings is 1. The van der Waals surface area contributed by atoms with E-state index in [1.165, 1.54) is 6.07 Å². The van der Waals surface area contributed by atoms with Gasteiger partial charge >= 0.3 is 6.18 Å². The molecule has 1 aromatic carbocycles. The molecular formula is C24H28F3N5O3. The van der Waals surface area contributed by atoms with Crippen molar-refractivity contribution in [2.45, 2.75) is 56.0 Å². The molecule has 2 fully saturated rings. The van der Waals surface area contributed by atoms with Gasteiger partial charge in [-0.05, 0) is 62.4 Å². The van der Waals surface area contributed by atoms with Crippen molar-refractivity contribution in [1.29, 1.82) is 0 Å². The molecule has 1 saturated carbocycles. The molecule has 8 nitrogen and oxygen atoms in total. The van der Waals surface area contributed by atoms with E-state index in [1.54, 1.807) is 23.2 Å². The molecule has 0 spiro atoms. The molecule has 1 aromatic heterocycles. The number of aromatic nitrogens is 2. The topological polar surface area (TPSA) is 107 Å². The molecule has 3 N–H and O–H groups in total. The van der Waals surface area contributed by atoms with Gasteiger partial charge in [-0.3, -0.25) is 9.59 Å². The van der Waals surface area contributed by atoms with Gasteiger partial charge in [-0.1, -0.05) is 6.07 Å². The monoisotopic (exact) mass is 491 g/mol. The lowest BCUT2D eigenvalue weighted by Crippen LogP contribution is -2.46. The highest BCUT2D eigenvalue weighted by molar-refractivity contribution is 5.96. The summed E-state index contributed by atoms with van der Waals surface area (Å²) in [6, 6.07) is 7.96. The van der Waals surface area contributed by atoms with Gasteiger partial charge in [0.15, 0.2) is 0 Å². The van der Waals surface area contributed by atoms with Crippen molar-refractivity contribution in [2.75, 3.05) is 19.6 Å². The molecule has 2 amide bonds. The van der Waals surface area contributed by atoms with Gasteiger partial charge in [0, 0.05) is 36.9 Å². The number of nitrogens with one attached hydrogen (secondary N) is 2. The first-order valence-corrected chi connectivity index (χ1v) is 11.6. The van der Waals surface area contributed by atoms with E-state index in [9.17, 15) is 27.9 Å². The summed E-state index contributed by atoms with van der Waals surface area (Å²) in [6.45, 7) is 0.742. The van der Waals surface area contributed by atoms with Crippen LogP contribution in [0.15, 0.2) is 42.6 Å². The largest absolute Gasteiger partial charge is 0.416 e. The molecule has 35 heavy (non-hydrogen) atoms. The fourth-order valence-corrected chi connectivity index (χ4v) is 4.73. The molecule has 2 heterocycles. The number of nitrogens with zero attached hydrogens (tertiary/aromatic N) is 3. The van der Waals surface area contributed by atoms with Gasteiger partial charge in [0.25, 0.3) is 5.91 Å². The van der Waals surface area contributed by atoms with Crippen LogP contribution in [0.3, 0.4) is 0 Å². The number of rotatable bonds is 6. The second-order valence-corrected chi connectivity index (χ2v) is 9.17. The van der Waals surface area contributed by atoms with E-state index < -0.39 is 23.2 Å². The first-order chi connectivity index (χ1) is 16.6. The molecule has 2 aliphatic rings. The fraction of sp³-hybridized carbons (Fsp3) is 0.500. The maximum absolute atomic E-state index is 12.9. The zero-order chi connectivity index (χ0) is 25.1. The van der Waals surface area contributed by atoms with Crippen LogP contribution in [0.25, 0.3) is 0 Å². The fourth-order valence-electron chi connectivity index (χ4n) is 4.73. The minimum Gasteiger partial charge on any atom is -0.383 e. The van der Waals surface area contributed by atoms with Gasteiger partial charge < -0.3 is 20.6 Å². The van der Waals surface area contributed by atoms with Crippen LogP contribution in [0, 0.1) is 0 Å². The summed E-state index contributed by atoms with van der Waals surface area (Å²) >= 11 is 0. The zero-order valence-electron chi connectivity index (χ0n) is 19.1. The van der Waals surface area contributed by atoms with Crippen LogP contribution in [0.4, 0.5) is 13.2 Å². The Kier molecular flexibility index (Phi) is 7.36. The van der Waals surface area contributed by atoms with Crippen molar-refractivity contribution in [1.82, 2.24) is 25.7 Å². The van der Waals surface area contributed by atoms with E-state index in [1.807, 2.05) is 0 Å². The highest BCUT2D eigenvalue weighted by Crippen LogP contribution is 2.36. The number of carbonyl (C=O) groups excluding carboxylic acids is 2. The summed E-state index contributed by atoms with van der Waals surface area (Å²) in [5, 5.41) is 24.8. The Hall–Kier alpha value is -3.05. The summed E-state index contributed by atoms with van der Waals surface area (Å²) in [4.78, 5) is 26.4. The van der Waals surface area contributed by atoms with Crippen LogP contribution in [-0.2, 0) is 16.6 Å². The summed E-state index contributed by atoms with van der Waals surface area (Å²) in [5.41, 5.74) is -1.44. The summed E-state index contributed by atoms with van der Waals surface area (Å²) < 4.78 is 38.6. The van der Waals surface area contributed by atoms with Crippen LogP contribution in [0.5, 0.6) is 0 Å². The van der Waals surface area contributed by atoms with Gasteiger partial charge in [-0.15, -0.1) is 0 Å². The average Bonchev–Trinajstić information content (AvgIpc) is 3.32. The summed E-state index contributed by atoms with van der Waals surface area (Å²) in [5.74, 6) is -1.01. The Balaban J connectivity index is 1.21. The van der Waals surface area contributed by atoms with Crippen molar-refractivity contribution < 1.29 is 27.9 Å². The minimum absolute atomic E-state index is 0.103. The van der Waals surface area contributed by atoms with Crippen molar-refractivity contribution in [3.8, 4) is 0 Å². The van der Waals surface area contributed by atoms with Crippen molar-refractivity contribution in [3.05, 3.63) is 59.4 Å². The highest BCUT2D eigenvalue weighted by Gasteiger charge is 2.37. The van der Waals surface area contributed by atoms with E-state index in [0.29, 0.717) is 31.6 Å². The number of hydrogen-bond acceptors (Lipinski definition) is 6. The third kappa shape index (κ3) is 6.15. The first kappa shape index (κ1) is 25.1. The molecule has 188 valence electrons. The van der Waals surface area contributed by atoms with Crippen LogP contribution in [-0.4, -0.2) is 63.7 Å². The lowest BCUT2D eigenvalue weighted by molar-refractivity contribution is -0.137. The molecule has 1 aliphatic carbocycles. The Morgan fingerprint density at radius 1 is 1.11 bits per heavy atom. The number of aliphatic hydroxyl groups is 1. The van der Waals surface area contributed by atoms with Gasteiger partial charge in [0.05, 0.1) is 17.8 Å². The normalized spacial score (nSPS) is 24.9. The molecule has 1 saturated heterocycles. The first-order valence-electron chi connectivity index (χ1n) is 11.6. The van der Waals surface area contributed by atoms with E-state index in [2.05, 4.69) is 20.8 Å².